The number of hydrogen-bond donors (Lipinski definition) is 1. The second kappa shape index (κ2) is 5.43. The van der Waals surface area contributed by atoms with Gasteiger partial charge in [-0.3, -0.25) is 4.68 Å². The zero-order valence-corrected chi connectivity index (χ0v) is 11.1. The molecule has 0 spiro atoms. The van der Waals surface area contributed by atoms with Gasteiger partial charge in [-0.05, 0) is 31.7 Å². The molecule has 0 fully saturated rings. The molecular formula is C12H24N4. The molecule has 1 aromatic heterocycles. The van der Waals surface area contributed by atoms with Gasteiger partial charge in [-0.2, -0.15) is 0 Å². The van der Waals surface area contributed by atoms with Gasteiger partial charge >= 0.3 is 0 Å². The van der Waals surface area contributed by atoms with Gasteiger partial charge in [0.25, 0.3) is 0 Å². The summed E-state index contributed by atoms with van der Waals surface area (Å²) in [6.45, 7) is 6.82. The van der Waals surface area contributed by atoms with Gasteiger partial charge in [0.2, 0.25) is 0 Å². The number of nitrogens with zero attached hydrogens (tertiary/aromatic N) is 3. The normalized spacial score (nSPS) is 14.1. The number of aromatic nitrogens is 3. The Morgan fingerprint density at radius 3 is 2.56 bits per heavy atom. The Kier molecular flexibility index (Phi) is 4.47. The predicted octanol–water partition coefficient (Wildman–Crippen LogP) is 1.77. The van der Waals surface area contributed by atoms with Gasteiger partial charge in [0.15, 0.2) is 0 Å². The highest BCUT2D eigenvalue weighted by molar-refractivity contribution is 4.92. The van der Waals surface area contributed by atoms with Crippen LogP contribution in [0.1, 0.15) is 39.3 Å². The number of rotatable bonds is 5. The second-order valence-electron chi connectivity index (χ2n) is 5.48. The molecule has 1 N–H and O–H groups in total. The van der Waals surface area contributed by atoms with E-state index in [0.717, 1.165) is 18.5 Å². The maximum atomic E-state index is 4.09. The summed E-state index contributed by atoms with van der Waals surface area (Å²) in [5, 5.41) is 11.4. The van der Waals surface area contributed by atoms with Crippen molar-refractivity contribution in [2.75, 3.05) is 7.05 Å². The van der Waals surface area contributed by atoms with Crippen LogP contribution in [0.25, 0.3) is 0 Å². The van der Waals surface area contributed by atoms with Crippen molar-refractivity contribution in [3.8, 4) is 0 Å². The van der Waals surface area contributed by atoms with E-state index in [1.807, 2.05) is 20.3 Å². The summed E-state index contributed by atoms with van der Waals surface area (Å²) >= 11 is 0. The van der Waals surface area contributed by atoms with E-state index in [2.05, 4.69) is 36.4 Å². The highest BCUT2D eigenvalue weighted by Crippen LogP contribution is 2.22. The van der Waals surface area contributed by atoms with Gasteiger partial charge in [-0.25, -0.2) is 0 Å². The van der Waals surface area contributed by atoms with Crippen molar-refractivity contribution in [2.45, 2.75) is 46.1 Å². The minimum Gasteiger partial charge on any atom is -0.316 e. The molecule has 0 aliphatic heterocycles. The van der Waals surface area contributed by atoms with Crippen LogP contribution in [0.2, 0.25) is 0 Å². The molecule has 0 amide bonds. The van der Waals surface area contributed by atoms with Crippen LogP contribution in [0.4, 0.5) is 0 Å². The van der Waals surface area contributed by atoms with E-state index in [-0.39, 0.29) is 0 Å². The van der Waals surface area contributed by atoms with Crippen LogP contribution in [0.3, 0.4) is 0 Å². The van der Waals surface area contributed by atoms with Crippen molar-refractivity contribution in [3.05, 3.63) is 11.9 Å². The lowest BCUT2D eigenvalue weighted by Gasteiger charge is -2.30. The van der Waals surface area contributed by atoms with Crippen molar-refractivity contribution >= 4 is 0 Å². The first kappa shape index (κ1) is 13.2. The standard InChI is InChI=1S/C12H24N4/c1-12(2,3)11(13-4)8-6-7-10-9-16(5)15-14-10/h9,11,13H,6-8H2,1-5H3. The molecular weight excluding hydrogens is 200 g/mol. The van der Waals surface area contributed by atoms with E-state index in [1.165, 1.54) is 6.42 Å². The van der Waals surface area contributed by atoms with Crippen LogP contribution >= 0.6 is 0 Å². The number of hydrogen-bond acceptors (Lipinski definition) is 3. The molecule has 1 rings (SSSR count). The molecule has 1 atom stereocenters. The molecule has 16 heavy (non-hydrogen) atoms. The fraction of sp³-hybridized carbons (Fsp3) is 0.833. The molecule has 1 heterocycles. The van der Waals surface area contributed by atoms with Crippen molar-refractivity contribution in [2.24, 2.45) is 12.5 Å². The Morgan fingerprint density at radius 2 is 2.12 bits per heavy atom. The first-order valence-electron chi connectivity index (χ1n) is 5.96. The first-order chi connectivity index (χ1) is 7.43. The summed E-state index contributed by atoms with van der Waals surface area (Å²) in [7, 11) is 3.94. The Morgan fingerprint density at radius 1 is 1.44 bits per heavy atom. The molecule has 0 aromatic carbocycles. The molecule has 4 heteroatoms. The van der Waals surface area contributed by atoms with E-state index in [1.54, 1.807) is 4.68 Å². The van der Waals surface area contributed by atoms with E-state index in [4.69, 9.17) is 0 Å². The zero-order valence-electron chi connectivity index (χ0n) is 11.1. The molecule has 0 aliphatic carbocycles. The molecule has 4 nitrogen and oxygen atoms in total. The molecule has 0 saturated carbocycles. The molecule has 1 unspecified atom stereocenters. The average Bonchev–Trinajstić information content (AvgIpc) is 2.57. The van der Waals surface area contributed by atoms with Crippen LogP contribution in [0.15, 0.2) is 6.20 Å². The average molecular weight is 224 g/mol. The highest BCUT2D eigenvalue weighted by atomic mass is 15.4. The summed E-state index contributed by atoms with van der Waals surface area (Å²) in [4.78, 5) is 0. The van der Waals surface area contributed by atoms with Crippen LogP contribution < -0.4 is 5.32 Å². The van der Waals surface area contributed by atoms with Gasteiger partial charge in [-0.15, -0.1) is 5.10 Å². The SMILES string of the molecule is CNC(CCCc1cn(C)nn1)C(C)(C)C. The molecule has 1 aromatic rings. The van der Waals surface area contributed by atoms with Gasteiger partial charge in [0.1, 0.15) is 0 Å². The van der Waals surface area contributed by atoms with E-state index in [0.29, 0.717) is 11.5 Å². The highest BCUT2D eigenvalue weighted by Gasteiger charge is 2.22. The third kappa shape index (κ3) is 3.93. The summed E-state index contributed by atoms with van der Waals surface area (Å²) in [6, 6.07) is 0.559. The number of aryl methyl sites for hydroxylation is 2. The summed E-state index contributed by atoms with van der Waals surface area (Å²) in [5.74, 6) is 0. The maximum absolute atomic E-state index is 4.09. The fourth-order valence-corrected chi connectivity index (χ4v) is 2.01. The Balaban J connectivity index is 2.34. The number of nitrogens with one attached hydrogen (secondary N) is 1. The maximum Gasteiger partial charge on any atom is 0.0827 e. The van der Waals surface area contributed by atoms with Crippen molar-refractivity contribution in [1.29, 1.82) is 0 Å². The molecule has 0 saturated heterocycles. The van der Waals surface area contributed by atoms with Gasteiger partial charge in [-0.1, -0.05) is 26.0 Å². The third-order valence-corrected chi connectivity index (χ3v) is 2.97. The lowest BCUT2D eigenvalue weighted by molar-refractivity contribution is 0.263. The minimum absolute atomic E-state index is 0.317. The van der Waals surface area contributed by atoms with Gasteiger partial charge < -0.3 is 5.32 Å². The monoisotopic (exact) mass is 224 g/mol. The van der Waals surface area contributed by atoms with Crippen LogP contribution in [0.5, 0.6) is 0 Å². The van der Waals surface area contributed by atoms with Crippen LogP contribution in [-0.2, 0) is 13.5 Å². The quantitative estimate of drug-likeness (QED) is 0.829. The lowest BCUT2D eigenvalue weighted by Crippen LogP contribution is -2.37. The Labute approximate surface area is 98.4 Å². The third-order valence-electron chi connectivity index (χ3n) is 2.97. The predicted molar refractivity (Wildman–Crippen MR) is 66.2 cm³/mol. The van der Waals surface area contributed by atoms with E-state index < -0.39 is 0 Å². The van der Waals surface area contributed by atoms with E-state index in [9.17, 15) is 0 Å². The minimum atomic E-state index is 0.317. The first-order valence-corrected chi connectivity index (χ1v) is 5.96. The largest absolute Gasteiger partial charge is 0.316 e. The zero-order chi connectivity index (χ0) is 12.2. The fourth-order valence-electron chi connectivity index (χ4n) is 2.01. The van der Waals surface area contributed by atoms with Gasteiger partial charge in [0.05, 0.1) is 5.69 Å². The van der Waals surface area contributed by atoms with Crippen LogP contribution in [-0.4, -0.2) is 28.1 Å². The second-order valence-corrected chi connectivity index (χ2v) is 5.48. The lowest BCUT2D eigenvalue weighted by atomic mass is 9.84. The topological polar surface area (TPSA) is 42.7 Å². The molecule has 92 valence electrons. The summed E-state index contributed by atoms with van der Waals surface area (Å²) < 4.78 is 1.76. The smallest absolute Gasteiger partial charge is 0.0827 e. The molecule has 0 radical (unpaired) electrons. The molecule has 0 aliphatic rings. The van der Waals surface area contributed by atoms with Gasteiger partial charge in [0, 0.05) is 19.3 Å². The van der Waals surface area contributed by atoms with E-state index >= 15 is 0 Å². The molecule has 0 bridgehead atoms. The van der Waals surface area contributed by atoms with Crippen molar-refractivity contribution < 1.29 is 0 Å². The Bertz CT molecular complexity index is 311. The van der Waals surface area contributed by atoms with Crippen LogP contribution in [0, 0.1) is 5.41 Å². The summed E-state index contributed by atoms with van der Waals surface area (Å²) in [6.07, 6.45) is 5.34. The Hall–Kier alpha value is -0.900. The van der Waals surface area contributed by atoms with Crippen molar-refractivity contribution in [1.82, 2.24) is 20.3 Å². The van der Waals surface area contributed by atoms with Crippen molar-refractivity contribution in [3.63, 3.8) is 0 Å². The summed E-state index contributed by atoms with van der Waals surface area (Å²) in [5.41, 5.74) is 1.41.